The number of anilines is 1. The summed E-state index contributed by atoms with van der Waals surface area (Å²) in [6.45, 7) is 2.09. The second kappa shape index (κ2) is 11.8. The Balaban J connectivity index is 1.50. The van der Waals surface area contributed by atoms with Gasteiger partial charge in [-0.05, 0) is 34.5 Å². The molecule has 0 saturated carbocycles. The molecule has 36 heavy (non-hydrogen) atoms. The van der Waals surface area contributed by atoms with E-state index in [4.69, 9.17) is 0 Å². The van der Waals surface area contributed by atoms with Crippen molar-refractivity contribution in [3.8, 4) is 0 Å². The van der Waals surface area contributed by atoms with Gasteiger partial charge in [0.25, 0.3) is 11.8 Å². The summed E-state index contributed by atoms with van der Waals surface area (Å²) in [5.74, 6) is 3.35. The maximum absolute atomic E-state index is 13.3. The Morgan fingerprint density at radius 1 is 1.14 bits per heavy atom. The molecule has 0 radical (unpaired) electrons. The molecule has 7 N–H and O–H groups in total. The maximum atomic E-state index is 13.3. The van der Waals surface area contributed by atoms with Crippen molar-refractivity contribution >= 4 is 34.6 Å². The topological polar surface area (TPSA) is 142 Å². The molecule has 2 heterocycles. The molecule has 1 aliphatic rings. The van der Waals surface area contributed by atoms with Crippen LogP contribution in [-0.2, 0) is 6.54 Å². The average molecular weight is 489 g/mol. The molecule has 0 atom stereocenters. The zero-order valence-corrected chi connectivity index (χ0v) is 20.1. The summed E-state index contributed by atoms with van der Waals surface area (Å²) in [4.78, 5) is 34.4. The van der Waals surface area contributed by atoms with Gasteiger partial charge in [0.05, 0.1) is 24.8 Å². The summed E-state index contributed by atoms with van der Waals surface area (Å²) in [6.07, 6.45) is 6.79. The predicted octanol–water partition coefficient (Wildman–Crippen LogP) is 0.672. The van der Waals surface area contributed by atoms with Crippen molar-refractivity contribution < 1.29 is 15.4 Å². The van der Waals surface area contributed by atoms with Crippen molar-refractivity contribution in [3.05, 3.63) is 83.9 Å². The van der Waals surface area contributed by atoms with Crippen LogP contribution < -0.4 is 27.2 Å². The molecule has 0 spiro atoms. The van der Waals surface area contributed by atoms with Gasteiger partial charge in [0.15, 0.2) is 5.69 Å². The fourth-order valence-corrected chi connectivity index (χ4v) is 3.85. The maximum Gasteiger partial charge on any atom is 0.272 e. The van der Waals surface area contributed by atoms with Gasteiger partial charge < -0.3 is 21.4 Å². The highest BCUT2D eigenvalue weighted by Crippen LogP contribution is 2.25. The van der Waals surface area contributed by atoms with E-state index in [2.05, 4.69) is 37.2 Å². The van der Waals surface area contributed by atoms with Crippen molar-refractivity contribution in [1.29, 1.82) is 0 Å². The summed E-state index contributed by atoms with van der Waals surface area (Å²) in [5.41, 5.74) is 5.01. The van der Waals surface area contributed by atoms with Gasteiger partial charge in [0.1, 0.15) is 6.67 Å². The van der Waals surface area contributed by atoms with Crippen LogP contribution in [-0.4, -0.2) is 60.0 Å². The minimum Gasteiger partial charge on any atom is -0.393 e. The van der Waals surface area contributed by atoms with E-state index >= 15 is 0 Å². The molecule has 2 aromatic carbocycles. The second-order valence-corrected chi connectivity index (χ2v) is 8.12. The highest BCUT2D eigenvalue weighted by Gasteiger charge is 2.18. The van der Waals surface area contributed by atoms with E-state index in [9.17, 15) is 9.59 Å². The van der Waals surface area contributed by atoms with Crippen LogP contribution in [0.2, 0.25) is 0 Å². The van der Waals surface area contributed by atoms with E-state index in [-0.39, 0.29) is 17.5 Å². The van der Waals surface area contributed by atoms with E-state index in [1.807, 2.05) is 53.6 Å². The molecule has 0 bridgehead atoms. The molecule has 2 amide bonds. The molecule has 0 unspecified atom stereocenters. The number of hydrazine groups is 1. The normalized spacial score (nSPS) is 13.1. The molecule has 0 fully saturated rings. The molecule has 186 valence electrons. The van der Waals surface area contributed by atoms with E-state index in [1.165, 1.54) is 6.20 Å². The first-order valence-electron chi connectivity index (χ1n) is 11.5. The standard InChI is InChI=1S/C25H29N9O2/c1-27-11-13-33(26)15-18-8-9-21(20-6-3-2-5-19(18)20)24(35)32-22-7-4-10-29-23(22)25(36)30-12-14-34-17-28-16-31-34/h2-11,13,16,27H,12,14-15,17,26H2,1H3,(H,28,31)(H,30,36)(H,32,35)/p+1. The third-order valence-corrected chi connectivity index (χ3v) is 5.61. The number of rotatable bonds is 10. The van der Waals surface area contributed by atoms with Crippen molar-refractivity contribution in [2.45, 2.75) is 6.54 Å². The van der Waals surface area contributed by atoms with Crippen molar-refractivity contribution in [3.63, 3.8) is 0 Å². The molecular formula is C25H30N9O2+. The third kappa shape index (κ3) is 5.95. The fraction of sp³-hybridized carbons (Fsp3) is 0.200. The lowest BCUT2D eigenvalue weighted by Crippen LogP contribution is -2.64. The number of benzene rings is 2. The highest BCUT2D eigenvalue weighted by molar-refractivity contribution is 6.15. The summed E-state index contributed by atoms with van der Waals surface area (Å²) >= 11 is 0. The van der Waals surface area contributed by atoms with Crippen LogP contribution in [0.15, 0.2) is 72.1 Å². The van der Waals surface area contributed by atoms with Crippen LogP contribution in [0.1, 0.15) is 26.4 Å². The Morgan fingerprint density at radius 2 is 1.97 bits per heavy atom. The molecule has 11 heteroatoms. The van der Waals surface area contributed by atoms with Crippen LogP contribution in [0.25, 0.3) is 10.8 Å². The summed E-state index contributed by atoms with van der Waals surface area (Å²) in [6, 6.07) is 14.8. The van der Waals surface area contributed by atoms with Gasteiger partial charge in [-0.1, -0.05) is 30.3 Å². The van der Waals surface area contributed by atoms with Crippen LogP contribution in [0.4, 0.5) is 5.69 Å². The zero-order valence-electron chi connectivity index (χ0n) is 20.1. The Hall–Kier alpha value is -4.48. The lowest BCUT2D eigenvalue weighted by atomic mass is 9.98. The Morgan fingerprint density at radius 3 is 2.75 bits per heavy atom. The van der Waals surface area contributed by atoms with Gasteiger partial charge in [-0.25, -0.2) is 9.99 Å². The number of nitrogens with zero attached hydrogens (tertiary/aromatic N) is 4. The minimum absolute atomic E-state index is 0.154. The van der Waals surface area contributed by atoms with Crippen LogP contribution in [0.3, 0.4) is 0 Å². The number of aromatic nitrogens is 1. The van der Waals surface area contributed by atoms with Crippen LogP contribution >= 0.6 is 0 Å². The third-order valence-electron chi connectivity index (χ3n) is 5.61. The summed E-state index contributed by atoms with van der Waals surface area (Å²) < 4.78 is 0. The van der Waals surface area contributed by atoms with Gasteiger partial charge in [-0.15, -0.1) is 0 Å². The number of quaternary nitrogens is 1. The number of aliphatic imine (C=N–C) groups is 1. The molecule has 0 aliphatic carbocycles. The number of pyridine rings is 1. The number of carbonyl (C=O) groups is 2. The number of fused-ring (bicyclic) bond motifs is 1. The molecule has 1 aliphatic heterocycles. The second-order valence-electron chi connectivity index (χ2n) is 8.12. The molecule has 4 rings (SSSR count). The Bertz CT molecular complexity index is 1280. The first kappa shape index (κ1) is 24.6. The highest BCUT2D eigenvalue weighted by atomic mass is 16.2. The van der Waals surface area contributed by atoms with Crippen LogP contribution in [0.5, 0.6) is 0 Å². The summed E-state index contributed by atoms with van der Waals surface area (Å²) in [7, 11) is 1.83. The molecule has 11 nitrogen and oxygen atoms in total. The lowest BCUT2D eigenvalue weighted by molar-refractivity contribution is -0.560. The summed E-state index contributed by atoms with van der Waals surface area (Å²) in [5, 5.41) is 14.1. The molecule has 1 aromatic heterocycles. The van der Waals surface area contributed by atoms with Crippen LogP contribution in [0, 0.1) is 0 Å². The van der Waals surface area contributed by atoms with Crippen molar-refractivity contribution in [1.82, 2.24) is 31.1 Å². The fourth-order valence-electron chi connectivity index (χ4n) is 3.85. The Kier molecular flexibility index (Phi) is 8.06. The predicted molar refractivity (Wildman–Crippen MR) is 138 cm³/mol. The van der Waals surface area contributed by atoms with E-state index in [0.717, 1.165) is 16.3 Å². The van der Waals surface area contributed by atoms with E-state index in [0.29, 0.717) is 37.6 Å². The lowest BCUT2D eigenvalue weighted by Gasteiger charge is -2.16. The number of hydrogen-bond donors (Lipinski definition) is 5. The quantitative estimate of drug-likeness (QED) is 0.264. The van der Waals surface area contributed by atoms with Gasteiger partial charge in [-0.3, -0.25) is 20.4 Å². The first-order chi connectivity index (χ1) is 17.6. The number of nitrogens with one attached hydrogen (secondary N) is 4. The van der Waals surface area contributed by atoms with E-state index in [1.54, 1.807) is 30.7 Å². The van der Waals surface area contributed by atoms with Gasteiger partial charge in [0, 0.05) is 38.1 Å². The monoisotopic (exact) mass is 488 g/mol. The van der Waals surface area contributed by atoms with Crippen molar-refractivity contribution in [2.24, 2.45) is 4.99 Å². The number of amides is 2. The van der Waals surface area contributed by atoms with Gasteiger partial charge in [0.2, 0.25) is 0 Å². The van der Waals surface area contributed by atoms with Gasteiger partial charge in [-0.2, -0.15) is 5.01 Å². The minimum atomic E-state index is -0.364. The average Bonchev–Trinajstić information content (AvgIpc) is 3.41. The smallest absolute Gasteiger partial charge is 0.272 e. The number of hydrogen-bond acceptors (Lipinski definition) is 8. The van der Waals surface area contributed by atoms with Gasteiger partial charge >= 0.3 is 0 Å². The number of carbonyl (C=O) groups excluding carboxylic acids is 2. The SMILES string of the molecule is CNC=CN([NH3+])Cc1ccc(C(=O)Nc2cccnc2C(=O)NCCN2CN=CN2)c2ccccc12. The van der Waals surface area contributed by atoms with Crippen molar-refractivity contribution in [2.75, 3.05) is 32.1 Å². The molecule has 0 saturated heterocycles. The first-order valence-corrected chi connectivity index (χ1v) is 11.5. The largest absolute Gasteiger partial charge is 0.393 e. The van der Waals surface area contributed by atoms with E-state index < -0.39 is 0 Å². The Labute approximate surface area is 209 Å². The molecule has 3 aromatic rings. The zero-order chi connectivity index (χ0) is 25.3. The molecular weight excluding hydrogens is 458 g/mol.